The van der Waals surface area contributed by atoms with Crippen molar-refractivity contribution in [2.24, 2.45) is 5.73 Å². The number of nitrogens with zero attached hydrogens (tertiary/aromatic N) is 3. The minimum Gasteiger partial charge on any atom is -0.456 e. The van der Waals surface area contributed by atoms with Gasteiger partial charge in [0.1, 0.15) is 6.61 Å². The molecule has 1 amide bonds. The van der Waals surface area contributed by atoms with Gasteiger partial charge in [-0.3, -0.25) is 14.9 Å². The van der Waals surface area contributed by atoms with E-state index < -0.39 is 16.8 Å². The summed E-state index contributed by atoms with van der Waals surface area (Å²) in [6.07, 6.45) is 2.45. The molecule has 1 aliphatic carbocycles. The number of aromatic nitrogens is 2. The number of primary amides is 1. The Labute approximate surface area is 171 Å². The monoisotopic (exact) mass is 406 g/mol. The van der Waals surface area contributed by atoms with E-state index in [1.165, 1.54) is 12.1 Å². The molecular weight excluding hydrogens is 388 g/mol. The molecule has 0 saturated heterocycles. The molecule has 0 radical (unpaired) electrons. The summed E-state index contributed by atoms with van der Waals surface area (Å²) in [4.78, 5) is 34.7. The molecule has 1 heterocycles. The molecule has 2 N–H and O–H groups in total. The molecule has 152 valence electrons. The topological polar surface area (TPSA) is 130 Å². The molecule has 0 fully saturated rings. The van der Waals surface area contributed by atoms with Crippen LogP contribution in [0.1, 0.15) is 44.1 Å². The number of nitro groups is 1. The molecule has 4 rings (SSSR count). The van der Waals surface area contributed by atoms with Gasteiger partial charge in [-0.2, -0.15) is 5.10 Å². The van der Waals surface area contributed by atoms with E-state index in [0.717, 1.165) is 42.3 Å². The lowest BCUT2D eigenvalue weighted by Gasteiger charge is -2.06. The summed E-state index contributed by atoms with van der Waals surface area (Å²) in [5.41, 5.74) is 7.92. The molecule has 0 saturated carbocycles. The Balaban J connectivity index is 1.59. The molecule has 0 atom stereocenters. The van der Waals surface area contributed by atoms with Crippen LogP contribution in [0.3, 0.4) is 0 Å². The number of nitrogens with two attached hydrogens (primary N) is 1. The molecule has 0 bridgehead atoms. The molecule has 1 aliphatic rings. The molecular formula is C21H18N4O5. The van der Waals surface area contributed by atoms with Gasteiger partial charge in [0.2, 0.25) is 5.91 Å². The Morgan fingerprint density at radius 2 is 1.93 bits per heavy atom. The zero-order valence-electron chi connectivity index (χ0n) is 15.9. The number of hydrogen-bond acceptors (Lipinski definition) is 6. The zero-order chi connectivity index (χ0) is 21.3. The van der Waals surface area contributed by atoms with Crippen molar-refractivity contribution in [2.45, 2.75) is 25.9 Å². The number of carbonyl (C=O) groups excluding carboxylic acids is 2. The lowest BCUT2D eigenvalue weighted by atomic mass is 10.1. The molecule has 3 aromatic rings. The van der Waals surface area contributed by atoms with Crippen LogP contribution < -0.4 is 5.73 Å². The van der Waals surface area contributed by atoms with E-state index in [1.54, 1.807) is 4.68 Å². The van der Waals surface area contributed by atoms with Crippen LogP contribution in [0, 0.1) is 10.1 Å². The highest BCUT2D eigenvalue weighted by Gasteiger charge is 2.28. The summed E-state index contributed by atoms with van der Waals surface area (Å²) in [5.74, 6) is -1.42. The summed E-state index contributed by atoms with van der Waals surface area (Å²) in [6, 6.07) is 13.3. The number of para-hydroxylation sites is 1. The van der Waals surface area contributed by atoms with Crippen molar-refractivity contribution in [2.75, 3.05) is 0 Å². The van der Waals surface area contributed by atoms with Crippen LogP contribution in [-0.4, -0.2) is 26.6 Å². The number of hydrogen-bond donors (Lipinski definition) is 1. The highest BCUT2D eigenvalue weighted by molar-refractivity contribution is 5.93. The number of carbonyl (C=O) groups is 2. The van der Waals surface area contributed by atoms with Crippen LogP contribution in [-0.2, 0) is 24.2 Å². The fourth-order valence-electron chi connectivity index (χ4n) is 3.60. The Morgan fingerprint density at radius 3 is 2.63 bits per heavy atom. The molecule has 1 aromatic heterocycles. The maximum atomic E-state index is 12.7. The van der Waals surface area contributed by atoms with E-state index in [0.29, 0.717) is 0 Å². The SMILES string of the molecule is NC(=O)c1ccc(COC(=O)c2nn(-c3ccccc3)c3c2CCC3)c([N+](=O)[O-])c1. The minimum absolute atomic E-state index is 0.0104. The van der Waals surface area contributed by atoms with Gasteiger partial charge in [-0.1, -0.05) is 18.2 Å². The molecule has 0 aliphatic heterocycles. The van der Waals surface area contributed by atoms with Crippen LogP contribution >= 0.6 is 0 Å². The van der Waals surface area contributed by atoms with E-state index in [2.05, 4.69) is 5.10 Å². The predicted octanol–water partition coefficient (Wildman–Crippen LogP) is 2.73. The number of benzene rings is 2. The lowest BCUT2D eigenvalue weighted by Crippen LogP contribution is -2.13. The van der Waals surface area contributed by atoms with Crippen molar-refractivity contribution in [3.8, 4) is 5.69 Å². The summed E-state index contributed by atoms with van der Waals surface area (Å²) in [7, 11) is 0. The number of ether oxygens (including phenoxy) is 1. The lowest BCUT2D eigenvalue weighted by molar-refractivity contribution is -0.385. The second-order valence-corrected chi connectivity index (χ2v) is 6.92. The second kappa shape index (κ2) is 7.78. The highest BCUT2D eigenvalue weighted by Crippen LogP contribution is 2.29. The van der Waals surface area contributed by atoms with Gasteiger partial charge in [-0.25, -0.2) is 9.48 Å². The van der Waals surface area contributed by atoms with E-state index in [9.17, 15) is 19.7 Å². The number of rotatable bonds is 6. The molecule has 9 heteroatoms. The van der Waals surface area contributed by atoms with Crippen molar-refractivity contribution in [1.82, 2.24) is 9.78 Å². The van der Waals surface area contributed by atoms with E-state index in [4.69, 9.17) is 10.5 Å². The Morgan fingerprint density at radius 1 is 1.17 bits per heavy atom. The third-order valence-corrected chi connectivity index (χ3v) is 5.05. The van der Waals surface area contributed by atoms with Crippen molar-refractivity contribution < 1.29 is 19.2 Å². The van der Waals surface area contributed by atoms with Gasteiger partial charge in [-0.15, -0.1) is 0 Å². The number of amides is 1. The van der Waals surface area contributed by atoms with Gasteiger partial charge in [0.25, 0.3) is 5.69 Å². The Bertz CT molecular complexity index is 1150. The first-order valence-electron chi connectivity index (χ1n) is 9.36. The van der Waals surface area contributed by atoms with Crippen molar-refractivity contribution in [3.63, 3.8) is 0 Å². The van der Waals surface area contributed by atoms with Crippen LogP contribution in [0.2, 0.25) is 0 Å². The van der Waals surface area contributed by atoms with Crippen molar-refractivity contribution >= 4 is 17.6 Å². The smallest absolute Gasteiger partial charge is 0.359 e. The summed E-state index contributed by atoms with van der Waals surface area (Å²) < 4.78 is 7.10. The third kappa shape index (κ3) is 3.52. The van der Waals surface area contributed by atoms with Gasteiger partial charge in [0, 0.05) is 22.9 Å². The molecule has 9 nitrogen and oxygen atoms in total. The van der Waals surface area contributed by atoms with Crippen LogP contribution in [0.5, 0.6) is 0 Å². The zero-order valence-corrected chi connectivity index (χ0v) is 15.9. The van der Waals surface area contributed by atoms with Gasteiger partial charge >= 0.3 is 5.97 Å². The standard InChI is InChI=1S/C21H18N4O5/c22-20(26)13-9-10-14(18(11-13)25(28)29)12-30-21(27)19-16-7-4-8-17(16)24(23-19)15-5-2-1-3-6-15/h1-3,5-6,9-11H,4,7-8,12H2,(H2,22,26). The molecule has 0 unspecified atom stereocenters. The number of esters is 1. The first-order chi connectivity index (χ1) is 14.5. The predicted molar refractivity (Wildman–Crippen MR) is 106 cm³/mol. The normalized spacial score (nSPS) is 12.4. The maximum absolute atomic E-state index is 12.7. The molecule has 30 heavy (non-hydrogen) atoms. The van der Waals surface area contributed by atoms with Gasteiger partial charge < -0.3 is 10.5 Å². The number of nitro benzene ring substituents is 1. The van der Waals surface area contributed by atoms with Crippen molar-refractivity contribution in [3.05, 3.63) is 86.7 Å². The summed E-state index contributed by atoms with van der Waals surface area (Å²) in [6.45, 7) is -0.318. The third-order valence-electron chi connectivity index (χ3n) is 5.05. The van der Waals surface area contributed by atoms with Gasteiger partial charge in [0.05, 0.1) is 16.2 Å². The minimum atomic E-state index is -0.774. The van der Waals surface area contributed by atoms with Crippen LogP contribution in [0.25, 0.3) is 5.69 Å². The highest BCUT2D eigenvalue weighted by atomic mass is 16.6. The first kappa shape index (κ1) is 19.3. The summed E-state index contributed by atoms with van der Waals surface area (Å²) >= 11 is 0. The van der Waals surface area contributed by atoms with E-state index in [1.807, 2.05) is 30.3 Å². The van der Waals surface area contributed by atoms with E-state index in [-0.39, 0.29) is 29.1 Å². The van der Waals surface area contributed by atoms with Crippen LogP contribution in [0.15, 0.2) is 48.5 Å². The second-order valence-electron chi connectivity index (χ2n) is 6.92. The quantitative estimate of drug-likeness (QED) is 0.380. The Hall–Kier alpha value is -4.01. The largest absolute Gasteiger partial charge is 0.456 e. The maximum Gasteiger partial charge on any atom is 0.359 e. The fraction of sp³-hybridized carbons (Fsp3) is 0.190. The fourth-order valence-corrected chi connectivity index (χ4v) is 3.60. The van der Waals surface area contributed by atoms with Crippen molar-refractivity contribution in [1.29, 1.82) is 0 Å². The molecule has 2 aromatic carbocycles. The number of fused-ring (bicyclic) bond motifs is 1. The average Bonchev–Trinajstić information content (AvgIpc) is 3.35. The van der Waals surface area contributed by atoms with Gasteiger partial charge in [0.15, 0.2) is 5.69 Å². The average molecular weight is 406 g/mol. The Kier molecular flexibility index (Phi) is 5.01. The summed E-state index contributed by atoms with van der Waals surface area (Å²) in [5, 5.41) is 15.8. The van der Waals surface area contributed by atoms with Crippen LogP contribution in [0.4, 0.5) is 5.69 Å². The molecule has 0 spiro atoms. The van der Waals surface area contributed by atoms with E-state index >= 15 is 0 Å². The first-order valence-corrected chi connectivity index (χ1v) is 9.36. The van der Waals surface area contributed by atoms with Gasteiger partial charge in [-0.05, 0) is 43.5 Å².